The molecular weight excluding hydrogens is 396 g/mol. The average molecular weight is 423 g/mol. The van der Waals surface area contributed by atoms with Crippen molar-refractivity contribution in [1.82, 2.24) is 4.31 Å². The van der Waals surface area contributed by atoms with Gasteiger partial charge in [-0.2, -0.15) is 0 Å². The number of hydrogen-bond donors (Lipinski definition) is 1. The molecule has 2 aromatic carbocycles. The first-order chi connectivity index (χ1) is 13.7. The maximum absolute atomic E-state index is 12.4. The van der Waals surface area contributed by atoms with Crippen LogP contribution in [-0.4, -0.2) is 54.1 Å². The van der Waals surface area contributed by atoms with E-state index in [1.54, 1.807) is 20.3 Å². The predicted molar refractivity (Wildman–Crippen MR) is 110 cm³/mol. The first-order valence-corrected chi connectivity index (χ1v) is 10.3. The van der Waals surface area contributed by atoms with Crippen molar-refractivity contribution in [1.29, 1.82) is 0 Å². The second-order valence-electron chi connectivity index (χ2n) is 6.39. The number of ether oxygens (including phenoxy) is 3. The van der Waals surface area contributed by atoms with E-state index in [9.17, 15) is 13.2 Å². The van der Waals surface area contributed by atoms with Gasteiger partial charge < -0.3 is 19.5 Å². The summed E-state index contributed by atoms with van der Waals surface area (Å²) < 4.78 is 41.5. The summed E-state index contributed by atoms with van der Waals surface area (Å²) in [5.74, 6) is 1.32. The molecule has 0 radical (unpaired) electrons. The van der Waals surface area contributed by atoms with Crippen LogP contribution in [0, 0.1) is 0 Å². The topological polar surface area (TPSA) is 94.2 Å². The average Bonchev–Trinajstić information content (AvgIpc) is 2.71. The zero-order valence-corrected chi connectivity index (χ0v) is 18.0. The monoisotopic (exact) mass is 422 g/mol. The molecule has 0 aromatic heterocycles. The Bertz CT molecular complexity index is 973. The third-order valence-electron chi connectivity index (χ3n) is 4.31. The van der Waals surface area contributed by atoms with E-state index < -0.39 is 10.0 Å². The Morgan fingerprint density at radius 3 is 2.14 bits per heavy atom. The van der Waals surface area contributed by atoms with Crippen LogP contribution in [0.15, 0.2) is 41.3 Å². The number of carbonyl (C=O) groups is 1. The summed E-state index contributed by atoms with van der Waals surface area (Å²) in [5.41, 5.74) is 1.21. The Balaban J connectivity index is 2.14. The van der Waals surface area contributed by atoms with E-state index >= 15 is 0 Å². The normalized spacial score (nSPS) is 11.2. The van der Waals surface area contributed by atoms with Crippen molar-refractivity contribution in [2.45, 2.75) is 17.7 Å². The molecule has 0 unspecified atom stereocenters. The zero-order valence-electron chi connectivity index (χ0n) is 17.2. The van der Waals surface area contributed by atoms with Gasteiger partial charge in [0.15, 0.2) is 11.5 Å². The fourth-order valence-corrected chi connectivity index (χ4v) is 3.59. The number of carbonyl (C=O) groups excluding carboxylic acids is 1. The van der Waals surface area contributed by atoms with E-state index in [1.165, 1.54) is 39.4 Å². The van der Waals surface area contributed by atoms with E-state index in [1.807, 2.05) is 12.1 Å². The molecule has 9 heteroatoms. The first kappa shape index (κ1) is 22.5. The summed E-state index contributed by atoms with van der Waals surface area (Å²) in [7, 11) is 3.82. The number of anilines is 1. The fraction of sp³-hybridized carbons (Fsp3) is 0.350. The van der Waals surface area contributed by atoms with Crippen LogP contribution in [0.1, 0.15) is 12.0 Å². The summed E-state index contributed by atoms with van der Waals surface area (Å²) in [5, 5.41) is 2.73. The first-order valence-electron chi connectivity index (χ1n) is 8.84. The molecule has 0 spiro atoms. The highest BCUT2D eigenvalue weighted by Gasteiger charge is 2.20. The largest absolute Gasteiger partial charge is 0.495 e. The molecule has 0 saturated carbocycles. The van der Waals surface area contributed by atoms with Gasteiger partial charge in [0.2, 0.25) is 15.9 Å². The Morgan fingerprint density at radius 1 is 0.931 bits per heavy atom. The highest BCUT2D eigenvalue weighted by Crippen LogP contribution is 2.30. The number of hydrogen-bond acceptors (Lipinski definition) is 6. The third-order valence-corrected chi connectivity index (χ3v) is 6.12. The molecule has 1 amide bonds. The maximum Gasteiger partial charge on any atom is 0.242 e. The number of rotatable bonds is 9. The van der Waals surface area contributed by atoms with Crippen molar-refractivity contribution in [2.75, 3.05) is 40.7 Å². The van der Waals surface area contributed by atoms with Crippen molar-refractivity contribution in [3.63, 3.8) is 0 Å². The predicted octanol–water partition coefficient (Wildman–Crippen LogP) is 2.53. The molecule has 0 atom stereocenters. The van der Waals surface area contributed by atoms with E-state index in [0.29, 0.717) is 29.4 Å². The molecule has 1 N–H and O–H groups in total. The lowest BCUT2D eigenvalue weighted by molar-refractivity contribution is -0.116. The molecule has 0 aliphatic rings. The van der Waals surface area contributed by atoms with Gasteiger partial charge in [-0.1, -0.05) is 6.07 Å². The van der Waals surface area contributed by atoms with Crippen LogP contribution in [0.25, 0.3) is 0 Å². The molecule has 29 heavy (non-hydrogen) atoms. The lowest BCUT2D eigenvalue weighted by Gasteiger charge is -2.15. The van der Waals surface area contributed by atoms with Crippen LogP contribution >= 0.6 is 0 Å². The van der Waals surface area contributed by atoms with Gasteiger partial charge in [0.25, 0.3) is 0 Å². The van der Waals surface area contributed by atoms with Crippen molar-refractivity contribution in [3.05, 3.63) is 42.0 Å². The molecule has 0 saturated heterocycles. The standard InChI is InChI=1S/C20H26N2O6S/c1-22(2)29(24,25)15-8-10-17(26-3)16(13-15)21-20(23)11-7-14-6-9-18(27-4)19(12-14)28-5/h6,8-10,12-13H,7,11H2,1-5H3,(H,21,23). The highest BCUT2D eigenvalue weighted by molar-refractivity contribution is 7.89. The number of nitrogens with zero attached hydrogens (tertiary/aromatic N) is 1. The number of methoxy groups -OCH3 is 3. The van der Waals surface area contributed by atoms with Crippen LogP contribution in [0.5, 0.6) is 17.2 Å². The molecule has 0 fully saturated rings. The minimum Gasteiger partial charge on any atom is -0.495 e. The molecule has 0 bridgehead atoms. The second kappa shape index (κ2) is 9.62. The Hall–Kier alpha value is -2.78. The zero-order chi connectivity index (χ0) is 21.6. The quantitative estimate of drug-likeness (QED) is 0.667. The van der Waals surface area contributed by atoms with Crippen LogP contribution in [0.3, 0.4) is 0 Å². The van der Waals surface area contributed by atoms with Gasteiger partial charge in [0.05, 0.1) is 31.9 Å². The van der Waals surface area contributed by atoms with Crippen LogP contribution in [0.4, 0.5) is 5.69 Å². The van der Waals surface area contributed by atoms with E-state index in [4.69, 9.17) is 14.2 Å². The van der Waals surface area contributed by atoms with Crippen molar-refractivity contribution in [2.24, 2.45) is 0 Å². The summed E-state index contributed by atoms with van der Waals surface area (Å²) in [4.78, 5) is 12.5. The van der Waals surface area contributed by atoms with Gasteiger partial charge in [0.1, 0.15) is 5.75 Å². The van der Waals surface area contributed by atoms with Crippen LogP contribution in [-0.2, 0) is 21.2 Å². The lowest BCUT2D eigenvalue weighted by Crippen LogP contribution is -2.22. The smallest absolute Gasteiger partial charge is 0.242 e. The molecular formula is C20H26N2O6S. The molecule has 8 nitrogen and oxygen atoms in total. The van der Waals surface area contributed by atoms with E-state index in [-0.39, 0.29) is 17.2 Å². The summed E-state index contributed by atoms with van der Waals surface area (Å²) >= 11 is 0. The Labute approximate surface area is 171 Å². The minimum atomic E-state index is -3.63. The molecule has 2 aromatic rings. The molecule has 0 aliphatic heterocycles. The second-order valence-corrected chi connectivity index (χ2v) is 8.54. The summed E-state index contributed by atoms with van der Waals surface area (Å²) in [6.07, 6.45) is 0.674. The minimum absolute atomic E-state index is 0.0680. The number of nitrogens with one attached hydrogen (secondary N) is 1. The highest BCUT2D eigenvalue weighted by atomic mass is 32.2. The van der Waals surface area contributed by atoms with Gasteiger partial charge in [-0.05, 0) is 42.3 Å². The molecule has 0 heterocycles. The van der Waals surface area contributed by atoms with Gasteiger partial charge in [-0.15, -0.1) is 0 Å². The van der Waals surface area contributed by atoms with Crippen LogP contribution < -0.4 is 19.5 Å². The number of aryl methyl sites for hydroxylation is 1. The SMILES string of the molecule is COc1ccc(S(=O)(=O)N(C)C)cc1NC(=O)CCc1ccc(OC)c(OC)c1. The summed E-state index contributed by atoms with van der Waals surface area (Å²) in [6, 6.07) is 9.80. The molecule has 0 aliphatic carbocycles. The fourth-order valence-electron chi connectivity index (χ4n) is 2.66. The van der Waals surface area contributed by atoms with Gasteiger partial charge in [-0.25, -0.2) is 12.7 Å². The van der Waals surface area contributed by atoms with Crippen LogP contribution in [0.2, 0.25) is 0 Å². The molecule has 158 valence electrons. The number of sulfonamides is 1. The van der Waals surface area contributed by atoms with E-state index in [2.05, 4.69) is 5.32 Å². The van der Waals surface area contributed by atoms with E-state index in [0.717, 1.165) is 9.87 Å². The number of amides is 1. The maximum atomic E-state index is 12.4. The molecule has 2 rings (SSSR count). The van der Waals surface area contributed by atoms with Crippen molar-refractivity contribution in [3.8, 4) is 17.2 Å². The van der Waals surface area contributed by atoms with Gasteiger partial charge >= 0.3 is 0 Å². The summed E-state index contributed by atoms with van der Waals surface area (Å²) in [6.45, 7) is 0. The third kappa shape index (κ3) is 5.39. The van der Waals surface area contributed by atoms with Crippen molar-refractivity contribution < 1.29 is 27.4 Å². The van der Waals surface area contributed by atoms with Gasteiger partial charge in [0, 0.05) is 20.5 Å². The Morgan fingerprint density at radius 2 is 1.55 bits per heavy atom. The Kier molecular flexibility index (Phi) is 7.46. The van der Waals surface area contributed by atoms with Crippen molar-refractivity contribution >= 4 is 21.6 Å². The van der Waals surface area contributed by atoms with Gasteiger partial charge in [-0.3, -0.25) is 4.79 Å². The lowest BCUT2D eigenvalue weighted by atomic mass is 10.1. The number of benzene rings is 2.